The van der Waals surface area contributed by atoms with Crippen LogP contribution in [-0.4, -0.2) is 55.2 Å². The number of imidazole rings is 1. The highest BCUT2D eigenvalue weighted by Crippen LogP contribution is 2.29. The van der Waals surface area contributed by atoms with E-state index in [1.165, 1.54) is 6.33 Å². The first kappa shape index (κ1) is 12.3. The molecule has 0 bridgehead atoms. The largest absolute Gasteiger partial charge is 0.396 e. The molecule has 3 atom stereocenters. The number of rotatable bonds is 3. The lowest BCUT2D eigenvalue weighted by molar-refractivity contribution is 0.0233. The van der Waals surface area contributed by atoms with Gasteiger partial charge in [-0.1, -0.05) is 0 Å². The van der Waals surface area contributed by atoms with Gasteiger partial charge in [0.1, 0.15) is 17.9 Å². The molecule has 1 fully saturated rings. The highest BCUT2D eigenvalue weighted by Gasteiger charge is 2.37. The molecule has 2 aromatic rings. The summed E-state index contributed by atoms with van der Waals surface area (Å²) in [5.41, 5.74) is 6.81. The van der Waals surface area contributed by atoms with Gasteiger partial charge in [-0.3, -0.25) is 0 Å². The Morgan fingerprint density at radius 1 is 1.42 bits per heavy atom. The van der Waals surface area contributed by atoms with Crippen LogP contribution < -0.4 is 5.73 Å². The van der Waals surface area contributed by atoms with Crippen molar-refractivity contribution in [3.63, 3.8) is 0 Å². The van der Waals surface area contributed by atoms with Gasteiger partial charge in [-0.25, -0.2) is 15.0 Å². The molecule has 1 aliphatic rings. The van der Waals surface area contributed by atoms with E-state index in [0.29, 0.717) is 30.0 Å². The number of nitrogens with zero attached hydrogens (tertiary/aromatic N) is 4. The molecule has 8 nitrogen and oxygen atoms in total. The molecule has 102 valence electrons. The molecule has 0 unspecified atom stereocenters. The molecule has 1 aliphatic heterocycles. The second-order valence-electron chi connectivity index (χ2n) is 4.52. The Balaban J connectivity index is 1.95. The Bertz CT molecular complexity index is 587. The van der Waals surface area contributed by atoms with Crippen molar-refractivity contribution in [3.8, 4) is 0 Å². The van der Waals surface area contributed by atoms with Gasteiger partial charge in [0, 0.05) is 6.61 Å². The van der Waals surface area contributed by atoms with Crippen LogP contribution in [0.4, 0.5) is 5.82 Å². The van der Waals surface area contributed by atoms with E-state index in [1.54, 1.807) is 10.9 Å². The van der Waals surface area contributed by atoms with Crippen LogP contribution in [0, 0.1) is 0 Å². The molecule has 1 saturated heterocycles. The minimum Gasteiger partial charge on any atom is -0.396 e. The van der Waals surface area contributed by atoms with Crippen molar-refractivity contribution in [2.24, 2.45) is 0 Å². The third-order valence-electron chi connectivity index (χ3n) is 3.41. The molecule has 0 aliphatic carbocycles. The summed E-state index contributed by atoms with van der Waals surface area (Å²) in [5, 5.41) is 19.1. The fraction of sp³-hybridized carbons (Fsp3) is 0.545. The number of hydrogen-bond donors (Lipinski definition) is 3. The summed E-state index contributed by atoms with van der Waals surface area (Å²) >= 11 is 0. The lowest BCUT2D eigenvalue weighted by Gasteiger charge is -2.17. The second kappa shape index (κ2) is 4.72. The normalized spacial score (nSPS) is 27.2. The Labute approximate surface area is 108 Å². The number of ether oxygens (including phenoxy) is 1. The zero-order chi connectivity index (χ0) is 13.4. The van der Waals surface area contributed by atoms with E-state index in [9.17, 15) is 5.11 Å². The molecule has 0 spiro atoms. The van der Waals surface area contributed by atoms with Crippen LogP contribution in [0.3, 0.4) is 0 Å². The quantitative estimate of drug-likeness (QED) is 0.657. The van der Waals surface area contributed by atoms with Gasteiger partial charge in [-0.05, 0) is 6.42 Å². The van der Waals surface area contributed by atoms with Crippen molar-refractivity contribution in [1.82, 2.24) is 19.5 Å². The molecule has 4 N–H and O–H groups in total. The highest BCUT2D eigenvalue weighted by atomic mass is 16.5. The predicted octanol–water partition coefficient (Wildman–Crippen LogP) is -0.908. The number of nitrogens with two attached hydrogens (primary N) is 1. The van der Waals surface area contributed by atoms with Gasteiger partial charge in [-0.15, -0.1) is 0 Å². The first-order valence-electron chi connectivity index (χ1n) is 6.06. The van der Waals surface area contributed by atoms with Gasteiger partial charge in [-0.2, -0.15) is 0 Å². The Kier molecular flexibility index (Phi) is 3.05. The van der Waals surface area contributed by atoms with Crippen LogP contribution in [-0.2, 0) is 4.74 Å². The second-order valence-corrected chi connectivity index (χ2v) is 4.52. The van der Waals surface area contributed by atoms with E-state index in [1.807, 2.05) is 0 Å². The molecular weight excluding hydrogens is 250 g/mol. The maximum atomic E-state index is 10.2. The number of aliphatic hydroxyl groups is 2. The van der Waals surface area contributed by atoms with Gasteiger partial charge in [0.05, 0.1) is 25.1 Å². The summed E-state index contributed by atoms with van der Waals surface area (Å²) < 4.78 is 7.23. The first-order chi connectivity index (χ1) is 9.22. The average Bonchev–Trinajstić information content (AvgIpc) is 2.96. The average molecular weight is 265 g/mol. The number of aliphatic hydroxyl groups excluding tert-OH is 2. The van der Waals surface area contributed by atoms with Crippen molar-refractivity contribution < 1.29 is 14.9 Å². The minimum absolute atomic E-state index is 0.0196. The van der Waals surface area contributed by atoms with Gasteiger partial charge in [0.15, 0.2) is 11.5 Å². The molecule has 3 rings (SSSR count). The Morgan fingerprint density at radius 3 is 3.05 bits per heavy atom. The molecule has 19 heavy (non-hydrogen) atoms. The first-order valence-corrected chi connectivity index (χ1v) is 6.06. The monoisotopic (exact) mass is 265 g/mol. The SMILES string of the molecule is Nc1ncnc2c1ncn2[C@H]1CO[C@H](CCO)[C@@H]1O. The molecule has 0 saturated carbocycles. The minimum atomic E-state index is -0.708. The molecule has 0 aromatic carbocycles. The maximum absolute atomic E-state index is 10.2. The summed E-state index contributed by atoms with van der Waals surface area (Å²) in [7, 11) is 0. The molecule has 8 heteroatoms. The number of anilines is 1. The highest BCUT2D eigenvalue weighted by molar-refractivity contribution is 5.81. The Morgan fingerprint density at radius 2 is 2.26 bits per heavy atom. The van der Waals surface area contributed by atoms with Crippen LogP contribution >= 0.6 is 0 Å². The summed E-state index contributed by atoms with van der Waals surface area (Å²) in [6.07, 6.45) is 2.27. The standard InChI is InChI=1S/C11H15N5O3/c12-10-8-11(14-4-13-10)16(5-15-8)6-3-19-7(1-2-17)9(6)18/h4-7,9,17-18H,1-3H2,(H2,12,13,14)/t6-,7+,9+/m0/s1. The predicted molar refractivity (Wildman–Crippen MR) is 66.2 cm³/mol. The van der Waals surface area contributed by atoms with Gasteiger partial charge in [0.2, 0.25) is 0 Å². The van der Waals surface area contributed by atoms with Gasteiger partial charge < -0.3 is 25.3 Å². The third-order valence-corrected chi connectivity index (χ3v) is 3.41. The topological polar surface area (TPSA) is 119 Å². The van der Waals surface area contributed by atoms with E-state index < -0.39 is 6.10 Å². The number of aromatic nitrogens is 4. The van der Waals surface area contributed by atoms with Crippen LogP contribution in [0.2, 0.25) is 0 Å². The summed E-state index contributed by atoms with van der Waals surface area (Å²) in [6.45, 7) is 0.329. The van der Waals surface area contributed by atoms with Crippen molar-refractivity contribution in [3.05, 3.63) is 12.7 Å². The fourth-order valence-corrected chi connectivity index (χ4v) is 2.41. The van der Waals surface area contributed by atoms with Crippen LogP contribution in [0.25, 0.3) is 11.2 Å². The summed E-state index contributed by atoms with van der Waals surface area (Å²) in [4.78, 5) is 12.2. The van der Waals surface area contributed by atoms with E-state index in [-0.39, 0.29) is 18.8 Å². The number of fused-ring (bicyclic) bond motifs is 1. The van der Waals surface area contributed by atoms with Crippen LogP contribution in [0.5, 0.6) is 0 Å². The fourth-order valence-electron chi connectivity index (χ4n) is 2.41. The zero-order valence-corrected chi connectivity index (χ0v) is 10.2. The van der Waals surface area contributed by atoms with E-state index in [4.69, 9.17) is 15.6 Å². The number of hydrogen-bond acceptors (Lipinski definition) is 7. The maximum Gasteiger partial charge on any atom is 0.165 e. The smallest absolute Gasteiger partial charge is 0.165 e. The van der Waals surface area contributed by atoms with Crippen LogP contribution in [0.1, 0.15) is 12.5 Å². The molecule has 0 amide bonds. The lowest BCUT2D eigenvalue weighted by Crippen LogP contribution is -2.29. The van der Waals surface area contributed by atoms with E-state index in [0.717, 1.165) is 0 Å². The molecule has 3 heterocycles. The third kappa shape index (κ3) is 1.93. The van der Waals surface area contributed by atoms with Gasteiger partial charge >= 0.3 is 0 Å². The van der Waals surface area contributed by atoms with Crippen molar-refractivity contribution in [1.29, 1.82) is 0 Å². The Hall–Kier alpha value is -1.77. The van der Waals surface area contributed by atoms with E-state index in [2.05, 4.69) is 15.0 Å². The molecule has 0 radical (unpaired) electrons. The van der Waals surface area contributed by atoms with Crippen molar-refractivity contribution in [2.75, 3.05) is 18.9 Å². The van der Waals surface area contributed by atoms with E-state index >= 15 is 0 Å². The van der Waals surface area contributed by atoms with Crippen LogP contribution in [0.15, 0.2) is 12.7 Å². The molecule has 2 aromatic heterocycles. The van der Waals surface area contributed by atoms with Crippen molar-refractivity contribution in [2.45, 2.75) is 24.7 Å². The number of nitrogen functional groups attached to an aromatic ring is 1. The molecular formula is C11H15N5O3. The zero-order valence-electron chi connectivity index (χ0n) is 10.2. The van der Waals surface area contributed by atoms with Crippen molar-refractivity contribution >= 4 is 17.0 Å². The summed E-state index contributed by atoms with van der Waals surface area (Å²) in [6, 6.07) is -0.282. The van der Waals surface area contributed by atoms with Gasteiger partial charge in [0.25, 0.3) is 0 Å². The summed E-state index contributed by atoms with van der Waals surface area (Å²) in [5.74, 6) is 0.309. The lowest BCUT2D eigenvalue weighted by atomic mass is 10.1.